The Balaban J connectivity index is 2.52. The van der Waals surface area contributed by atoms with Crippen molar-refractivity contribution in [2.45, 2.75) is 13.3 Å². The highest BCUT2D eigenvalue weighted by Gasteiger charge is 1.99. The molecule has 1 aromatic rings. The van der Waals surface area contributed by atoms with E-state index in [-0.39, 0.29) is 11.5 Å². The van der Waals surface area contributed by atoms with Crippen LogP contribution in [-0.4, -0.2) is 12.5 Å². The Hall–Kier alpha value is -2.15. The minimum absolute atomic E-state index is 0.0420. The maximum Gasteiger partial charge on any atom is 0.216 e. The molecule has 0 atom stereocenters. The molecule has 0 aromatic heterocycles. The van der Waals surface area contributed by atoms with Gasteiger partial charge < -0.3 is 5.32 Å². The summed E-state index contributed by atoms with van der Waals surface area (Å²) < 4.78 is 13.2. The highest BCUT2D eigenvalue weighted by molar-refractivity contribution is 5.72. The summed E-state index contributed by atoms with van der Waals surface area (Å²) in [6.45, 7) is 2.02. The number of carbonyl (C=O) groups is 1. The Morgan fingerprint density at radius 2 is 2.35 bits per heavy atom. The topological polar surface area (TPSA) is 52.9 Å². The molecule has 1 aromatic carbocycles. The summed E-state index contributed by atoms with van der Waals surface area (Å²) >= 11 is 0. The van der Waals surface area contributed by atoms with Crippen LogP contribution in [0.25, 0.3) is 6.08 Å². The van der Waals surface area contributed by atoms with Crippen molar-refractivity contribution >= 4 is 12.0 Å². The van der Waals surface area contributed by atoms with Crippen LogP contribution in [0.4, 0.5) is 4.39 Å². The van der Waals surface area contributed by atoms with E-state index >= 15 is 0 Å². The predicted molar refractivity (Wildman–Crippen MR) is 63.4 cm³/mol. The molecular weight excluding hydrogens is 219 g/mol. The van der Waals surface area contributed by atoms with E-state index in [0.29, 0.717) is 18.5 Å². The van der Waals surface area contributed by atoms with E-state index in [9.17, 15) is 9.18 Å². The van der Waals surface area contributed by atoms with Gasteiger partial charge >= 0.3 is 0 Å². The van der Waals surface area contributed by atoms with E-state index in [1.54, 1.807) is 18.2 Å². The molecule has 0 radical (unpaired) electrons. The molecule has 1 rings (SSSR count). The Morgan fingerprint density at radius 3 is 2.94 bits per heavy atom. The first-order valence-corrected chi connectivity index (χ1v) is 5.24. The zero-order valence-electron chi connectivity index (χ0n) is 9.53. The van der Waals surface area contributed by atoms with Gasteiger partial charge in [0, 0.05) is 13.5 Å². The number of hydrogen-bond acceptors (Lipinski definition) is 2. The lowest BCUT2D eigenvalue weighted by atomic mass is 10.1. The average Bonchev–Trinajstić information content (AvgIpc) is 2.28. The van der Waals surface area contributed by atoms with Crippen LogP contribution < -0.4 is 5.32 Å². The molecule has 1 N–H and O–H groups in total. The van der Waals surface area contributed by atoms with Crippen LogP contribution in [-0.2, 0) is 4.79 Å². The molecule has 0 heterocycles. The Morgan fingerprint density at radius 1 is 1.59 bits per heavy atom. The van der Waals surface area contributed by atoms with Gasteiger partial charge in [0.25, 0.3) is 0 Å². The summed E-state index contributed by atoms with van der Waals surface area (Å²) in [4.78, 5) is 10.6. The van der Waals surface area contributed by atoms with Crippen molar-refractivity contribution < 1.29 is 9.18 Å². The van der Waals surface area contributed by atoms with Gasteiger partial charge in [0.1, 0.15) is 11.9 Å². The number of nitrogens with one attached hydrogen (secondary N) is 1. The lowest BCUT2D eigenvalue weighted by Crippen LogP contribution is -2.20. The third kappa shape index (κ3) is 4.47. The van der Waals surface area contributed by atoms with Crippen molar-refractivity contribution in [2.75, 3.05) is 6.54 Å². The van der Waals surface area contributed by atoms with Gasteiger partial charge in [-0.05, 0) is 24.1 Å². The number of nitrogens with zero attached hydrogens (tertiary/aromatic N) is 1. The third-order valence-electron chi connectivity index (χ3n) is 2.11. The van der Waals surface area contributed by atoms with E-state index in [1.165, 1.54) is 19.1 Å². The summed E-state index contributed by atoms with van der Waals surface area (Å²) in [5.41, 5.74) is 0.740. The maximum absolute atomic E-state index is 13.2. The summed E-state index contributed by atoms with van der Waals surface area (Å²) in [5.74, 6) is -0.584. The second-order valence-corrected chi connectivity index (χ2v) is 3.53. The summed E-state index contributed by atoms with van der Waals surface area (Å²) in [5, 5.41) is 11.2. The highest BCUT2D eigenvalue weighted by atomic mass is 19.1. The number of amides is 1. The van der Waals surface area contributed by atoms with Crippen molar-refractivity contribution in [3.63, 3.8) is 0 Å². The molecule has 4 heteroatoms. The lowest BCUT2D eigenvalue weighted by molar-refractivity contribution is -0.118. The zero-order chi connectivity index (χ0) is 12.7. The SMILES string of the molecule is CC(=O)NCCC=Cc1ccc(C#N)c(F)c1. The van der Waals surface area contributed by atoms with E-state index < -0.39 is 5.82 Å². The van der Waals surface area contributed by atoms with Crippen molar-refractivity contribution in [1.29, 1.82) is 5.26 Å². The fourth-order valence-corrected chi connectivity index (χ4v) is 1.28. The molecule has 0 aliphatic carbocycles. The summed E-state index contributed by atoms with van der Waals surface area (Å²) in [6, 6.07) is 6.20. The molecule has 17 heavy (non-hydrogen) atoms. The maximum atomic E-state index is 13.2. The normalized spacial score (nSPS) is 10.2. The summed E-state index contributed by atoms with van der Waals surface area (Å²) in [7, 11) is 0. The lowest BCUT2D eigenvalue weighted by Gasteiger charge is -1.98. The van der Waals surface area contributed by atoms with E-state index in [0.717, 1.165) is 0 Å². The Kier molecular flexibility index (Phi) is 4.89. The predicted octanol–water partition coefficient (Wildman–Crippen LogP) is 2.24. The number of benzene rings is 1. The number of rotatable bonds is 4. The minimum atomic E-state index is -0.517. The second-order valence-electron chi connectivity index (χ2n) is 3.53. The molecule has 0 bridgehead atoms. The van der Waals surface area contributed by atoms with Gasteiger partial charge in [-0.25, -0.2) is 4.39 Å². The van der Waals surface area contributed by atoms with Gasteiger partial charge in [-0.1, -0.05) is 18.2 Å². The highest BCUT2D eigenvalue weighted by Crippen LogP contribution is 2.10. The molecule has 88 valence electrons. The van der Waals surface area contributed by atoms with Crippen molar-refractivity contribution in [3.05, 3.63) is 41.2 Å². The van der Waals surface area contributed by atoms with Crippen molar-refractivity contribution in [1.82, 2.24) is 5.32 Å². The molecule has 0 unspecified atom stereocenters. The van der Waals surface area contributed by atoms with Crippen LogP contribution in [0, 0.1) is 17.1 Å². The molecule has 0 spiro atoms. The van der Waals surface area contributed by atoms with E-state index in [4.69, 9.17) is 5.26 Å². The molecule has 0 saturated heterocycles. The standard InChI is InChI=1S/C13H13FN2O/c1-10(17)16-7-3-2-4-11-5-6-12(9-15)13(14)8-11/h2,4-6,8H,3,7H2,1H3,(H,16,17). The van der Waals surface area contributed by atoms with Crippen LogP contribution in [0.15, 0.2) is 24.3 Å². The van der Waals surface area contributed by atoms with Gasteiger partial charge in [0.15, 0.2) is 0 Å². The quantitative estimate of drug-likeness (QED) is 0.809. The van der Waals surface area contributed by atoms with Crippen LogP contribution in [0.3, 0.4) is 0 Å². The Bertz CT molecular complexity index is 475. The van der Waals surface area contributed by atoms with Crippen LogP contribution in [0.1, 0.15) is 24.5 Å². The Labute approximate surface area is 99.6 Å². The van der Waals surface area contributed by atoms with Gasteiger partial charge in [0.2, 0.25) is 5.91 Å². The van der Waals surface area contributed by atoms with Gasteiger partial charge in [-0.15, -0.1) is 0 Å². The van der Waals surface area contributed by atoms with Gasteiger partial charge in [0.05, 0.1) is 5.56 Å². The molecule has 0 aliphatic heterocycles. The number of halogens is 1. The molecule has 1 amide bonds. The fourth-order valence-electron chi connectivity index (χ4n) is 1.28. The van der Waals surface area contributed by atoms with Crippen LogP contribution in [0.5, 0.6) is 0 Å². The average molecular weight is 232 g/mol. The van der Waals surface area contributed by atoms with E-state index in [1.807, 2.05) is 6.08 Å². The molecule has 0 saturated carbocycles. The first-order chi connectivity index (χ1) is 8.13. The molecule has 0 fully saturated rings. The fraction of sp³-hybridized carbons (Fsp3) is 0.231. The van der Waals surface area contributed by atoms with Gasteiger partial charge in [-0.2, -0.15) is 5.26 Å². The van der Waals surface area contributed by atoms with Crippen molar-refractivity contribution in [2.24, 2.45) is 0 Å². The first kappa shape index (κ1) is 12.9. The monoisotopic (exact) mass is 232 g/mol. The largest absolute Gasteiger partial charge is 0.356 e. The second kappa shape index (κ2) is 6.44. The number of hydrogen-bond donors (Lipinski definition) is 1. The number of carbonyl (C=O) groups excluding carboxylic acids is 1. The van der Waals surface area contributed by atoms with Gasteiger partial charge in [-0.3, -0.25) is 4.79 Å². The smallest absolute Gasteiger partial charge is 0.216 e. The molecule has 0 aliphatic rings. The third-order valence-corrected chi connectivity index (χ3v) is 2.11. The van der Waals surface area contributed by atoms with Crippen LogP contribution in [0.2, 0.25) is 0 Å². The summed E-state index contributed by atoms with van der Waals surface area (Å²) in [6.07, 6.45) is 4.28. The first-order valence-electron chi connectivity index (χ1n) is 5.24. The van der Waals surface area contributed by atoms with Crippen LogP contribution >= 0.6 is 0 Å². The number of nitriles is 1. The van der Waals surface area contributed by atoms with E-state index in [2.05, 4.69) is 5.32 Å². The minimum Gasteiger partial charge on any atom is -0.356 e. The molecular formula is C13H13FN2O. The molecule has 3 nitrogen and oxygen atoms in total. The van der Waals surface area contributed by atoms with Crippen molar-refractivity contribution in [3.8, 4) is 6.07 Å². The zero-order valence-corrected chi connectivity index (χ0v) is 9.53.